The number of aromatic amines is 1. The third-order valence-corrected chi connectivity index (χ3v) is 4.21. The standard InChI is InChI=1S/C19H25N3O3/c1-19(2,3)25-18(24)22-12-6-11-21(22)17(23)10-9-14-13-20-16-8-5-4-7-15(14)16/h4-5,7-8,13,20H,6,9-12H2,1-3H3. The number of aromatic nitrogens is 1. The molecule has 1 N–H and O–H groups in total. The Kier molecular flexibility index (Phi) is 4.70. The summed E-state index contributed by atoms with van der Waals surface area (Å²) in [7, 11) is 0. The Morgan fingerprint density at radius 2 is 1.88 bits per heavy atom. The fourth-order valence-corrected chi connectivity index (χ4v) is 3.08. The minimum Gasteiger partial charge on any atom is -0.442 e. The maximum atomic E-state index is 12.6. The molecule has 1 saturated heterocycles. The van der Waals surface area contributed by atoms with Crippen molar-refractivity contribution in [2.75, 3.05) is 13.1 Å². The van der Waals surface area contributed by atoms with Crippen LogP contribution in [0.1, 0.15) is 39.2 Å². The number of fused-ring (bicyclic) bond motifs is 1. The number of carbonyl (C=O) groups excluding carboxylic acids is 2. The molecule has 0 spiro atoms. The van der Waals surface area contributed by atoms with Gasteiger partial charge in [-0.1, -0.05) is 18.2 Å². The van der Waals surface area contributed by atoms with E-state index < -0.39 is 11.7 Å². The van der Waals surface area contributed by atoms with Gasteiger partial charge in [-0.05, 0) is 45.2 Å². The van der Waals surface area contributed by atoms with Crippen molar-refractivity contribution in [1.82, 2.24) is 15.0 Å². The van der Waals surface area contributed by atoms with Crippen LogP contribution in [0.3, 0.4) is 0 Å². The van der Waals surface area contributed by atoms with Gasteiger partial charge in [0.05, 0.1) is 0 Å². The number of rotatable bonds is 3. The highest BCUT2D eigenvalue weighted by Crippen LogP contribution is 2.21. The number of aryl methyl sites for hydroxylation is 1. The highest BCUT2D eigenvalue weighted by molar-refractivity contribution is 5.84. The number of para-hydroxylation sites is 1. The summed E-state index contributed by atoms with van der Waals surface area (Å²) in [5, 5.41) is 4.10. The van der Waals surface area contributed by atoms with E-state index in [9.17, 15) is 9.59 Å². The molecule has 0 atom stereocenters. The van der Waals surface area contributed by atoms with Crippen LogP contribution in [-0.2, 0) is 16.0 Å². The molecule has 2 amide bonds. The molecule has 0 radical (unpaired) electrons. The highest BCUT2D eigenvalue weighted by atomic mass is 16.6. The van der Waals surface area contributed by atoms with E-state index in [-0.39, 0.29) is 5.91 Å². The van der Waals surface area contributed by atoms with Gasteiger partial charge in [-0.3, -0.25) is 4.79 Å². The number of nitrogens with one attached hydrogen (secondary N) is 1. The number of amides is 2. The summed E-state index contributed by atoms with van der Waals surface area (Å²) in [5.41, 5.74) is 1.62. The first-order valence-electron chi connectivity index (χ1n) is 8.71. The molecule has 134 valence electrons. The van der Waals surface area contributed by atoms with Gasteiger partial charge in [0.2, 0.25) is 5.91 Å². The zero-order valence-corrected chi connectivity index (χ0v) is 15.0. The Bertz CT molecular complexity index is 776. The molecule has 0 bridgehead atoms. The van der Waals surface area contributed by atoms with Crippen molar-refractivity contribution in [2.24, 2.45) is 0 Å². The molecule has 25 heavy (non-hydrogen) atoms. The van der Waals surface area contributed by atoms with E-state index in [0.29, 0.717) is 25.9 Å². The summed E-state index contributed by atoms with van der Waals surface area (Å²) in [6, 6.07) is 8.04. The van der Waals surface area contributed by atoms with Gasteiger partial charge < -0.3 is 9.72 Å². The zero-order chi connectivity index (χ0) is 18.0. The maximum Gasteiger partial charge on any atom is 0.429 e. The van der Waals surface area contributed by atoms with Gasteiger partial charge in [0.25, 0.3) is 0 Å². The second-order valence-corrected chi connectivity index (χ2v) is 7.33. The number of carbonyl (C=O) groups is 2. The molecule has 3 rings (SSSR count). The fraction of sp³-hybridized carbons (Fsp3) is 0.474. The van der Waals surface area contributed by atoms with Crippen LogP contribution in [-0.4, -0.2) is 45.7 Å². The second kappa shape index (κ2) is 6.78. The first-order chi connectivity index (χ1) is 11.8. The predicted molar refractivity (Wildman–Crippen MR) is 95.9 cm³/mol. The van der Waals surface area contributed by atoms with Crippen molar-refractivity contribution in [3.63, 3.8) is 0 Å². The number of nitrogens with zero attached hydrogens (tertiary/aromatic N) is 2. The van der Waals surface area contributed by atoms with Gasteiger partial charge in [0.15, 0.2) is 0 Å². The number of H-pyrrole nitrogens is 1. The molecule has 1 aromatic carbocycles. The Morgan fingerprint density at radius 3 is 2.64 bits per heavy atom. The van der Waals surface area contributed by atoms with Gasteiger partial charge in [-0.25, -0.2) is 14.8 Å². The van der Waals surface area contributed by atoms with Crippen LogP contribution in [0.4, 0.5) is 4.79 Å². The van der Waals surface area contributed by atoms with Gasteiger partial charge in [-0.2, -0.15) is 0 Å². The first kappa shape index (κ1) is 17.3. The van der Waals surface area contributed by atoms with Crippen LogP contribution in [0.2, 0.25) is 0 Å². The monoisotopic (exact) mass is 343 g/mol. The van der Waals surface area contributed by atoms with Crippen molar-refractivity contribution in [3.05, 3.63) is 36.0 Å². The fourth-order valence-electron chi connectivity index (χ4n) is 3.08. The lowest BCUT2D eigenvalue weighted by Crippen LogP contribution is -2.46. The quantitative estimate of drug-likeness (QED) is 0.928. The molecule has 2 aromatic rings. The van der Waals surface area contributed by atoms with Gasteiger partial charge in [0, 0.05) is 36.6 Å². The third-order valence-electron chi connectivity index (χ3n) is 4.21. The topological polar surface area (TPSA) is 65.6 Å². The van der Waals surface area contributed by atoms with E-state index >= 15 is 0 Å². The number of benzene rings is 1. The lowest BCUT2D eigenvalue weighted by molar-refractivity contribution is -0.142. The summed E-state index contributed by atoms with van der Waals surface area (Å²) in [6.45, 7) is 6.55. The summed E-state index contributed by atoms with van der Waals surface area (Å²) in [4.78, 5) is 28.1. The van der Waals surface area contributed by atoms with Crippen LogP contribution >= 0.6 is 0 Å². The van der Waals surface area contributed by atoms with E-state index in [2.05, 4.69) is 11.1 Å². The highest BCUT2D eigenvalue weighted by Gasteiger charge is 2.33. The van der Waals surface area contributed by atoms with Crippen LogP contribution in [0.5, 0.6) is 0 Å². The maximum absolute atomic E-state index is 12.6. The number of hydrogen-bond acceptors (Lipinski definition) is 3. The number of hydrazine groups is 1. The van der Waals surface area contributed by atoms with E-state index in [4.69, 9.17) is 4.74 Å². The molecule has 1 aliphatic rings. The molecular formula is C19H25N3O3. The number of hydrogen-bond donors (Lipinski definition) is 1. The minimum absolute atomic E-state index is 0.0476. The summed E-state index contributed by atoms with van der Waals surface area (Å²) >= 11 is 0. The second-order valence-electron chi connectivity index (χ2n) is 7.33. The largest absolute Gasteiger partial charge is 0.442 e. The van der Waals surface area contributed by atoms with Gasteiger partial charge in [0.1, 0.15) is 5.60 Å². The van der Waals surface area contributed by atoms with E-state index in [0.717, 1.165) is 22.9 Å². The van der Waals surface area contributed by atoms with Crippen LogP contribution in [0.25, 0.3) is 10.9 Å². The molecule has 0 unspecified atom stereocenters. The molecular weight excluding hydrogens is 318 g/mol. The molecule has 1 aliphatic heterocycles. The Hall–Kier alpha value is -2.50. The molecule has 0 aliphatic carbocycles. The van der Waals surface area contributed by atoms with E-state index in [1.807, 2.05) is 45.2 Å². The van der Waals surface area contributed by atoms with Crippen LogP contribution in [0, 0.1) is 0 Å². The first-order valence-corrected chi connectivity index (χ1v) is 8.71. The lowest BCUT2D eigenvalue weighted by atomic mass is 10.1. The third kappa shape index (κ3) is 3.95. The molecule has 6 heteroatoms. The smallest absolute Gasteiger partial charge is 0.429 e. The molecule has 2 heterocycles. The summed E-state index contributed by atoms with van der Waals surface area (Å²) in [6.07, 6.45) is 3.28. The lowest BCUT2D eigenvalue weighted by Gasteiger charge is -2.30. The average molecular weight is 343 g/mol. The van der Waals surface area contributed by atoms with Crippen molar-refractivity contribution in [1.29, 1.82) is 0 Å². The Balaban J connectivity index is 1.63. The average Bonchev–Trinajstić information content (AvgIpc) is 3.18. The molecule has 1 aromatic heterocycles. The Morgan fingerprint density at radius 1 is 1.16 bits per heavy atom. The summed E-state index contributed by atoms with van der Waals surface area (Å²) < 4.78 is 5.40. The molecule has 0 saturated carbocycles. The normalized spacial score (nSPS) is 15.0. The van der Waals surface area contributed by atoms with Crippen LogP contribution < -0.4 is 0 Å². The SMILES string of the molecule is CC(C)(C)OC(=O)N1CCCN1C(=O)CCc1c[nH]c2ccccc12. The zero-order valence-electron chi connectivity index (χ0n) is 15.0. The van der Waals surface area contributed by atoms with E-state index in [1.54, 1.807) is 0 Å². The predicted octanol–water partition coefficient (Wildman–Crippen LogP) is 3.48. The van der Waals surface area contributed by atoms with Crippen molar-refractivity contribution < 1.29 is 14.3 Å². The van der Waals surface area contributed by atoms with Crippen molar-refractivity contribution >= 4 is 22.9 Å². The molecule has 6 nitrogen and oxygen atoms in total. The van der Waals surface area contributed by atoms with Crippen molar-refractivity contribution in [3.8, 4) is 0 Å². The van der Waals surface area contributed by atoms with Crippen LogP contribution in [0.15, 0.2) is 30.5 Å². The molecule has 1 fully saturated rings. The minimum atomic E-state index is -0.571. The van der Waals surface area contributed by atoms with Gasteiger partial charge in [-0.15, -0.1) is 0 Å². The number of ether oxygens (including phenoxy) is 1. The Labute approximate surface area is 147 Å². The van der Waals surface area contributed by atoms with Gasteiger partial charge >= 0.3 is 6.09 Å². The van der Waals surface area contributed by atoms with Crippen molar-refractivity contribution in [2.45, 2.75) is 45.6 Å². The summed E-state index contributed by atoms with van der Waals surface area (Å²) in [5.74, 6) is -0.0476. The van der Waals surface area contributed by atoms with E-state index in [1.165, 1.54) is 10.0 Å².